The van der Waals surface area contributed by atoms with E-state index in [0.29, 0.717) is 5.95 Å². The van der Waals surface area contributed by atoms with Gasteiger partial charge in [-0.2, -0.15) is 0 Å². The number of rotatable bonds is 7. The van der Waals surface area contributed by atoms with Crippen molar-refractivity contribution in [2.24, 2.45) is 0 Å². The smallest absolute Gasteiger partial charge is 0.222 e. The van der Waals surface area contributed by atoms with Gasteiger partial charge in [-0.25, -0.2) is 9.97 Å². The van der Waals surface area contributed by atoms with E-state index in [1.165, 1.54) is 0 Å². The van der Waals surface area contributed by atoms with Crippen molar-refractivity contribution in [3.63, 3.8) is 0 Å². The third kappa shape index (κ3) is 5.29. The normalized spacial score (nSPS) is 10.6. The quantitative estimate of drug-likeness (QED) is 0.709. The van der Waals surface area contributed by atoms with E-state index in [-0.39, 0.29) is 0 Å². The fraction of sp³-hybridized carbons (Fsp3) is 0.600. The van der Waals surface area contributed by atoms with Crippen LogP contribution in [0.15, 0.2) is 18.5 Å². The Hall–Kier alpha value is -1.20. The Balaban J connectivity index is 2.11. The Morgan fingerprint density at radius 3 is 2.73 bits per heavy atom. The molecule has 0 unspecified atom stereocenters. The first-order valence-electron chi connectivity index (χ1n) is 5.01. The van der Waals surface area contributed by atoms with Crippen LogP contribution in [0.2, 0.25) is 0 Å². The molecular weight excluding hydrogens is 192 g/mol. The minimum absolute atomic E-state index is 0.678. The Morgan fingerprint density at radius 2 is 2.07 bits per heavy atom. The second kappa shape index (κ2) is 7.14. The van der Waals surface area contributed by atoms with Gasteiger partial charge >= 0.3 is 0 Å². The lowest BCUT2D eigenvalue weighted by atomic mass is 10.5. The number of hydrogen-bond donors (Lipinski definition) is 1. The second-order valence-electron chi connectivity index (χ2n) is 3.30. The van der Waals surface area contributed by atoms with Crippen LogP contribution in [0.25, 0.3) is 0 Å². The van der Waals surface area contributed by atoms with E-state index >= 15 is 0 Å². The van der Waals surface area contributed by atoms with Crippen molar-refractivity contribution in [2.45, 2.75) is 0 Å². The molecule has 1 aromatic heterocycles. The SMILES string of the molecule is COCCN(C)CCNc1ncccn1. The molecule has 5 nitrogen and oxygen atoms in total. The minimum atomic E-state index is 0.678. The van der Waals surface area contributed by atoms with Crippen LogP contribution < -0.4 is 5.32 Å². The molecule has 0 aliphatic heterocycles. The van der Waals surface area contributed by atoms with Gasteiger partial charge in [-0.1, -0.05) is 0 Å². The molecule has 0 aliphatic rings. The molecule has 0 atom stereocenters. The summed E-state index contributed by atoms with van der Waals surface area (Å²) in [5.41, 5.74) is 0. The lowest BCUT2D eigenvalue weighted by molar-refractivity contribution is 0.163. The van der Waals surface area contributed by atoms with Crippen LogP contribution in [-0.4, -0.2) is 55.3 Å². The number of nitrogens with zero attached hydrogens (tertiary/aromatic N) is 3. The van der Waals surface area contributed by atoms with Gasteiger partial charge in [-0.15, -0.1) is 0 Å². The molecule has 1 N–H and O–H groups in total. The van der Waals surface area contributed by atoms with E-state index in [1.54, 1.807) is 25.6 Å². The first-order valence-corrected chi connectivity index (χ1v) is 5.01. The lowest BCUT2D eigenvalue weighted by Crippen LogP contribution is -2.28. The van der Waals surface area contributed by atoms with E-state index < -0.39 is 0 Å². The Labute approximate surface area is 90.5 Å². The summed E-state index contributed by atoms with van der Waals surface area (Å²) in [6.07, 6.45) is 3.45. The van der Waals surface area contributed by atoms with Gasteiger partial charge in [0.25, 0.3) is 0 Å². The van der Waals surface area contributed by atoms with Crippen molar-refractivity contribution >= 4 is 5.95 Å². The molecule has 0 aliphatic carbocycles. The molecule has 0 saturated heterocycles. The van der Waals surface area contributed by atoms with E-state index in [0.717, 1.165) is 26.2 Å². The molecule has 0 fully saturated rings. The molecule has 0 saturated carbocycles. The standard InChI is InChI=1S/C10H18N4O/c1-14(8-9-15-2)7-6-13-10-11-4-3-5-12-10/h3-5H,6-9H2,1-2H3,(H,11,12,13). The van der Waals surface area contributed by atoms with Crippen molar-refractivity contribution in [3.05, 3.63) is 18.5 Å². The van der Waals surface area contributed by atoms with Crippen molar-refractivity contribution in [1.82, 2.24) is 14.9 Å². The summed E-state index contributed by atoms with van der Waals surface area (Å²) in [5, 5.41) is 3.15. The summed E-state index contributed by atoms with van der Waals surface area (Å²) in [5.74, 6) is 0.678. The summed E-state index contributed by atoms with van der Waals surface area (Å²) in [6.45, 7) is 3.48. The third-order valence-electron chi connectivity index (χ3n) is 2.02. The summed E-state index contributed by atoms with van der Waals surface area (Å²) < 4.78 is 4.99. The number of nitrogens with one attached hydrogen (secondary N) is 1. The zero-order valence-corrected chi connectivity index (χ0v) is 9.31. The summed E-state index contributed by atoms with van der Waals surface area (Å²) >= 11 is 0. The number of hydrogen-bond acceptors (Lipinski definition) is 5. The fourth-order valence-corrected chi connectivity index (χ4v) is 1.11. The van der Waals surface area contributed by atoms with Crippen LogP contribution in [0.4, 0.5) is 5.95 Å². The molecule has 5 heteroatoms. The highest BCUT2D eigenvalue weighted by atomic mass is 16.5. The molecule has 1 heterocycles. The number of aromatic nitrogens is 2. The molecule has 1 rings (SSSR count). The van der Waals surface area contributed by atoms with E-state index in [2.05, 4.69) is 27.2 Å². The molecule has 1 aromatic rings. The summed E-state index contributed by atoms with van der Waals surface area (Å²) in [4.78, 5) is 10.3. The maximum absolute atomic E-state index is 4.99. The predicted molar refractivity (Wildman–Crippen MR) is 59.9 cm³/mol. The second-order valence-corrected chi connectivity index (χ2v) is 3.30. The number of likely N-dealkylation sites (N-methyl/N-ethyl adjacent to an activating group) is 1. The number of ether oxygens (including phenoxy) is 1. The third-order valence-corrected chi connectivity index (χ3v) is 2.02. The Bertz CT molecular complexity index is 255. The fourth-order valence-electron chi connectivity index (χ4n) is 1.11. The van der Waals surface area contributed by atoms with Gasteiger partial charge in [-0.3, -0.25) is 0 Å². The highest BCUT2D eigenvalue weighted by Crippen LogP contribution is 1.92. The van der Waals surface area contributed by atoms with Crippen LogP contribution in [0.1, 0.15) is 0 Å². The van der Waals surface area contributed by atoms with Gasteiger partial charge in [0.05, 0.1) is 6.61 Å². The average Bonchev–Trinajstić information content (AvgIpc) is 2.28. The van der Waals surface area contributed by atoms with Crippen LogP contribution in [-0.2, 0) is 4.74 Å². The van der Waals surface area contributed by atoms with Crippen molar-refractivity contribution in [1.29, 1.82) is 0 Å². The van der Waals surface area contributed by atoms with E-state index in [9.17, 15) is 0 Å². The lowest BCUT2D eigenvalue weighted by Gasteiger charge is -2.15. The van der Waals surface area contributed by atoms with Crippen molar-refractivity contribution < 1.29 is 4.74 Å². The predicted octanol–water partition coefficient (Wildman–Crippen LogP) is 0.467. The van der Waals surface area contributed by atoms with Crippen molar-refractivity contribution in [3.8, 4) is 0 Å². The maximum Gasteiger partial charge on any atom is 0.222 e. The number of anilines is 1. The monoisotopic (exact) mass is 210 g/mol. The molecule has 0 amide bonds. The highest BCUT2D eigenvalue weighted by molar-refractivity contribution is 5.21. The zero-order chi connectivity index (χ0) is 10.9. The van der Waals surface area contributed by atoms with Crippen molar-refractivity contribution in [2.75, 3.05) is 45.7 Å². The zero-order valence-electron chi connectivity index (χ0n) is 9.31. The molecule has 0 aromatic carbocycles. The molecule has 0 bridgehead atoms. The molecular formula is C10H18N4O. The Morgan fingerprint density at radius 1 is 1.33 bits per heavy atom. The number of methoxy groups -OCH3 is 1. The molecule has 0 spiro atoms. The topological polar surface area (TPSA) is 50.3 Å². The van der Waals surface area contributed by atoms with E-state index in [4.69, 9.17) is 4.74 Å². The van der Waals surface area contributed by atoms with Crippen LogP contribution in [0.3, 0.4) is 0 Å². The van der Waals surface area contributed by atoms with E-state index in [1.807, 2.05) is 0 Å². The van der Waals surface area contributed by atoms with Crippen LogP contribution >= 0.6 is 0 Å². The van der Waals surface area contributed by atoms with Crippen LogP contribution in [0, 0.1) is 0 Å². The Kier molecular flexibility index (Phi) is 5.65. The average molecular weight is 210 g/mol. The molecule has 15 heavy (non-hydrogen) atoms. The first-order chi connectivity index (χ1) is 7.33. The molecule has 0 radical (unpaired) electrons. The molecule has 84 valence electrons. The van der Waals surface area contributed by atoms with Gasteiger partial charge in [0.1, 0.15) is 0 Å². The summed E-state index contributed by atoms with van der Waals surface area (Å²) in [7, 11) is 3.77. The van der Waals surface area contributed by atoms with Gasteiger partial charge in [0, 0.05) is 39.1 Å². The van der Waals surface area contributed by atoms with Crippen LogP contribution in [0.5, 0.6) is 0 Å². The minimum Gasteiger partial charge on any atom is -0.383 e. The first kappa shape index (κ1) is 11.9. The maximum atomic E-state index is 4.99. The highest BCUT2D eigenvalue weighted by Gasteiger charge is 1.97. The summed E-state index contributed by atoms with van der Waals surface area (Å²) in [6, 6.07) is 1.80. The van der Waals surface area contributed by atoms with Gasteiger partial charge in [0.15, 0.2) is 0 Å². The van der Waals surface area contributed by atoms with Gasteiger partial charge < -0.3 is 15.0 Å². The van der Waals surface area contributed by atoms with Gasteiger partial charge in [0.2, 0.25) is 5.95 Å². The largest absolute Gasteiger partial charge is 0.383 e. The van der Waals surface area contributed by atoms with Gasteiger partial charge in [-0.05, 0) is 13.1 Å².